The lowest BCUT2D eigenvalue weighted by atomic mass is 9.88. The number of rotatable bonds is 6. The summed E-state index contributed by atoms with van der Waals surface area (Å²) in [6.45, 7) is 7.55. The molecule has 1 amide bonds. The fraction of sp³-hybridized carbons (Fsp3) is 0.750. The van der Waals surface area contributed by atoms with Crippen molar-refractivity contribution in [2.24, 2.45) is 10.9 Å². The van der Waals surface area contributed by atoms with Crippen molar-refractivity contribution in [3.63, 3.8) is 0 Å². The highest BCUT2D eigenvalue weighted by Crippen LogP contribution is 2.27. The minimum absolute atomic E-state index is 0. The first-order valence-electron chi connectivity index (χ1n) is 12.3. The van der Waals surface area contributed by atoms with Crippen LogP contribution in [0.25, 0.3) is 0 Å². The molecule has 2 unspecified atom stereocenters. The van der Waals surface area contributed by atoms with Crippen LogP contribution < -0.4 is 10.6 Å². The topological polar surface area (TPSA) is 82.3 Å². The zero-order valence-corrected chi connectivity index (χ0v) is 22.4. The van der Waals surface area contributed by atoms with Gasteiger partial charge in [0.1, 0.15) is 11.5 Å². The molecule has 3 fully saturated rings. The van der Waals surface area contributed by atoms with Crippen LogP contribution in [0.3, 0.4) is 0 Å². The molecule has 3 heterocycles. The SMILES string of the molecule is CN=C(NCC(c1ccc(C)o1)N1CCOCC1)NC1CCN(C(=O)C2CCCCC2)C1.I. The maximum atomic E-state index is 12.9. The second kappa shape index (κ2) is 12.9. The monoisotopic (exact) mass is 573 g/mol. The molecule has 3 aliphatic rings. The van der Waals surface area contributed by atoms with Gasteiger partial charge in [-0.2, -0.15) is 0 Å². The molecule has 1 aromatic heterocycles. The normalized spacial score (nSPS) is 23.8. The number of nitrogens with one attached hydrogen (secondary N) is 2. The summed E-state index contributed by atoms with van der Waals surface area (Å²) in [5.74, 6) is 3.28. The lowest BCUT2D eigenvalue weighted by molar-refractivity contribution is -0.135. The smallest absolute Gasteiger partial charge is 0.225 e. The number of amides is 1. The van der Waals surface area contributed by atoms with Crippen LogP contribution in [-0.2, 0) is 9.53 Å². The number of furan rings is 1. The summed E-state index contributed by atoms with van der Waals surface area (Å²) in [6, 6.07) is 4.45. The van der Waals surface area contributed by atoms with Crippen molar-refractivity contribution in [2.45, 2.75) is 57.5 Å². The van der Waals surface area contributed by atoms with Gasteiger partial charge < -0.3 is 24.7 Å². The van der Waals surface area contributed by atoms with E-state index in [0.29, 0.717) is 12.5 Å². The van der Waals surface area contributed by atoms with Gasteiger partial charge in [-0.3, -0.25) is 14.7 Å². The molecule has 2 aliphatic heterocycles. The molecule has 33 heavy (non-hydrogen) atoms. The quantitative estimate of drug-likeness (QED) is 0.310. The van der Waals surface area contributed by atoms with Crippen molar-refractivity contribution in [3.8, 4) is 0 Å². The molecule has 0 radical (unpaired) electrons. The van der Waals surface area contributed by atoms with E-state index in [4.69, 9.17) is 9.15 Å². The van der Waals surface area contributed by atoms with Crippen molar-refractivity contribution < 1.29 is 13.9 Å². The summed E-state index contributed by atoms with van der Waals surface area (Å²) >= 11 is 0. The average molecular weight is 574 g/mol. The molecule has 2 saturated heterocycles. The zero-order chi connectivity index (χ0) is 22.3. The number of guanidine groups is 1. The molecule has 186 valence electrons. The van der Waals surface area contributed by atoms with Crippen molar-refractivity contribution in [3.05, 3.63) is 23.7 Å². The van der Waals surface area contributed by atoms with Gasteiger partial charge in [-0.15, -0.1) is 24.0 Å². The Balaban J connectivity index is 0.00000306. The zero-order valence-electron chi connectivity index (χ0n) is 20.1. The fourth-order valence-corrected chi connectivity index (χ4v) is 5.20. The number of halogens is 1. The van der Waals surface area contributed by atoms with Crippen molar-refractivity contribution in [1.82, 2.24) is 20.4 Å². The maximum absolute atomic E-state index is 12.9. The summed E-state index contributed by atoms with van der Waals surface area (Å²) in [5.41, 5.74) is 0. The van der Waals surface area contributed by atoms with Crippen molar-refractivity contribution in [1.29, 1.82) is 0 Å². The molecule has 0 aromatic carbocycles. The molecule has 0 bridgehead atoms. The fourth-order valence-electron chi connectivity index (χ4n) is 5.20. The van der Waals surface area contributed by atoms with Gasteiger partial charge in [-0.25, -0.2) is 0 Å². The minimum atomic E-state index is 0. The van der Waals surface area contributed by atoms with E-state index in [1.165, 1.54) is 19.3 Å². The number of hydrogen-bond acceptors (Lipinski definition) is 5. The molecule has 4 rings (SSSR count). The van der Waals surface area contributed by atoms with Gasteiger partial charge in [0.05, 0.1) is 19.3 Å². The molecular weight excluding hydrogens is 533 g/mol. The minimum Gasteiger partial charge on any atom is -0.465 e. The predicted octanol–water partition coefficient (Wildman–Crippen LogP) is 2.93. The summed E-state index contributed by atoms with van der Waals surface area (Å²) in [7, 11) is 1.80. The first-order valence-corrected chi connectivity index (χ1v) is 12.3. The first kappa shape index (κ1) is 26.3. The molecule has 1 saturated carbocycles. The highest BCUT2D eigenvalue weighted by molar-refractivity contribution is 14.0. The first-order chi connectivity index (χ1) is 15.6. The second-order valence-corrected chi connectivity index (χ2v) is 9.31. The molecule has 2 N–H and O–H groups in total. The van der Waals surface area contributed by atoms with Crippen LogP contribution in [0.1, 0.15) is 56.1 Å². The largest absolute Gasteiger partial charge is 0.465 e. The maximum Gasteiger partial charge on any atom is 0.225 e. The number of morpholine rings is 1. The van der Waals surface area contributed by atoms with Crippen molar-refractivity contribution in [2.75, 3.05) is 53.0 Å². The third-order valence-electron chi connectivity index (χ3n) is 7.06. The Morgan fingerprint density at radius 1 is 1.15 bits per heavy atom. The predicted molar refractivity (Wildman–Crippen MR) is 140 cm³/mol. The van der Waals surface area contributed by atoms with Gasteiger partial charge in [-0.05, 0) is 38.3 Å². The molecule has 1 aromatic rings. The molecule has 1 aliphatic carbocycles. The van der Waals surface area contributed by atoms with E-state index < -0.39 is 0 Å². The number of aliphatic imine (C=N–C) groups is 1. The number of nitrogens with zero attached hydrogens (tertiary/aromatic N) is 3. The van der Waals surface area contributed by atoms with Gasteiger partial charge in [0.15, 0.2) is 5.96 Å². The Kier molecular flexibility index (Phi) is 10.3. The lowest BCUT2D eigenvalue weighted by Gasteiger charge is -2.33. The van der Waals surface area contributed by atoms with Gasteiger partial charge in [0.25, 0.3) is 0 Å². The number of carbonyl (C=O) groups excluding carboxylic acids is 1. The van der Waals surface area contributed by atoms with E-state index in [-0.39, 0.29) is 42.0 Å². The summed E-state index contributed by atoms with van der Waals surface area (Å²) in [6.07, 6.45) is 6.75. The highest BCUT2D eigenvalue weighted by Gasteiger charge is 2.32. The van der Waals surface area contributed by atoms with E-state index in [2.05, 4.69) is 31.5 Å². The van der Waals surface area contributed by atoms with E-state index >= 15 is 0 Å². The van der Waals surface area contributed by atoms with E-state index in [1.807, 2.05) is 13.0 Å². The Labute approximate surface area is 214 Å². The molecule has 8 nitrogen and oxygen atoms in total. The number of ether oxygens (including phenoxy) is 1. The van der Waals surface area contributed by atoms with Gasteiger partial charge in [-0.1, -0.05) is 19.3 Å². The number of hydrogen-bond donors (Lipinski definition) is 2. The van der Waals surface area contributed by atoms with Gasteiger partial charge >= 0.3 is 0 Å². The molecular formula is C24H40IN5O3. The van der Waals surface area contributed by atoms with E-state index in [1.54, 1.807) is 7.05 Å². The van der Waals surface area contributed by atoms with Gasteiger partial charge in [0.2, 0.25) is 5.91 Å². The van der Waals surface area contributed by atoms with Crippen molar-refractivity contribution >= 4 is 35.8 Å². The van der Waals surface area contributed by atoms with E-state index in [9.17, 15) is 4.79 Å². The van der Waals surface area contributed by atoms with Crippen LogP contribution in [-0.4, -0.2) is 80.7 Å². The lowest BCUT2D eigenvalue weighted by Crippen LogP contribution is -2.49. The highest BCUT2D eigenvalue weighted by atomic mass is 127. The van der Waals surface area contributed by atoms with Gasteiger partial charge in [0, 0.05) is 51.7 Å². The molecule has 0 spiro atoms. The number of aryl methyl sites for hydroxylation is 1. The Bertz CT molecular complexity index is 774. The summed E-state index contributed by atoms with van der Waals surface area (Å²) < 4.78 is 11.5. The third kappa shape index (κ3) is 7.08. The Morgan fingerprint density at radius 2 is 1.91 bits per heavy atom. The number of carbonyl (C=O) groups is 1. The standard InChI is InChI=1S/C24H39N5O3.HI/c1-18-8-9-22(32-18)21(28-12-14-31-15-13-28)16-26-24(25-2)27-20-10-11-29(17-20)23(30)19-6-4-3-5-7-19;/h8-9,19-21H,3-7,10-17H2,1-2H3,(H2,25,26,27);1H. The number of likely N-dealkylation sites (tertiary alicyclic amines) is 1. The Morgan fingerprint density at radius 3 is 2.58 bits per heavy atom. The summed E-state index contributed by atoms with van der Waals surface area (Å²) in [4.78, 5) is 21.8. The van der Waals surface area contributed by atoms with Crippen LogP contribution in [0, 0.1) is 12.8 Å². The average Bonchev–Trinajstić information content (AvgIpc) is 3.48. The van der Waals surface area contributed by atoms with Crippen LogP contribution >= 0.6 is 24.0 Å². The van der Waals surface area contributed by atoms with E-state index in [0.717, 1.165) is 76.1 Å². The summed E-state index contributed by atoms with van der Waals surface area (Å²) in [5, 5.41) is 7.04. The Hall–Kier alpha value is -1.33. The van der Waals surface area contributed by atoms with Crippen LogP contribution in [0.15, 0.2) is 21.5 Å². The van der Waals surface area contributed by atoms with Crippen LogP contribution in [0.5, 0.6) is 0 Å². The third-order valence-corrected chi connectivity index (χ3v) is 7.06. The van der Waals surface area contributed by atoms with Crippen LogP contribution in [0.4, 0.5) is 0 Å². The molecule has 2 atom stereocenters. The molecule has 9 heteroatoms. The van der Waals surface area contributed by atoms with Crippen LogP contribution in [0.2, 0.25) is 0 Å². The second-order valence-electron chi connectivity index (χ2n) is 9.31.